The lowest BCUT2D eigenvalue weighted by Crippen LogP contribution is -2.33. The number of rotatable bonds is 8. The van der Waals surface area contributed by atoms with Gasteiger partial charge in [0.15, 0.2) is 0 Å². The minimum absolute atomic E-state index is 0.0585. The predicted octanol–water partition coefficient (Wildman–Crippen LogP) is 1.84. The Morgan fingerprint density at radius 1 is 1.17 bits per heavy atom. The van der Waals surface area contributed by atoms with E-state index >= 15 is 0 Å². The van der Waals surface area contributed by atoms with E-state index in [0.717, 1.165) is 43.4 Å². The van der Waals surface area contributed by atoms with Gasteiger partial charge in [0.25, 0.3) is 5.56 Å². The number of nitrogens with zero attached hydrogens (tertiary/aromatic N) is 2. The molecule has 8 nitrogen and oxygen atoms in total. The summed E-state index contributed by atoms with van der Waals surface area (Å²) in [6, 6.07) is 7.59. The molecule has 1 aromatic heterocycles. The van der Waals surface area contributed by atoms with Crippen LogP contribution in [0.3, 0.4) is 0 Å². The quantitative estimate of drug-likeness (QED) is 0.680. The maximum absolute atomic E-state index is 12.5. The van der Waals surface area contributed by atoms with Crippen LogP contribution in [0.15, 0.2) is 40.0 Å². The SMILES string of the molecule is CCCC(=O)Nc1ccc(S(=O)(=O)NCCn2nc3c(cc2=O)CCCC3)cc1. The highest BCUT2D eigenvalue weighted by molar-refractivity contribution is 7.89. The van der Waals surface area contributed by atoms with Crippen LogP contribution in [0.25, 0.3) is 0 Å². The van der Waals surface area contributed by atoms with Gasteiger partial charge in [-0.2, -0.15) is 5.10 Å². The van der Waals surface area contributed by atoms with Crippen LogP contribution in [0.1, 0.15) is 43.9 Å². The zero-order valence-corrected chi connectivity index (χ0v) is 17.3. The van der Waals surface area contributed by atoms with Gasteiger partial charge in [0.05, 0.1) is 17.1 Å². The van der Waals surface area contributed by atoms with Crippen LogP contribution in [0.4, 0.5) is 5.69 Å². The molecule has 1 aliphatic rings. The lowest BCUT2D eigenvalue weighted by atomic mass is 9.97. The first kappa shape index (κ1) is 21.2. The van der Waals surface area contributed by atoms with Crippen LogP contribution >= 0.6 is 0 Å². The monoisotopic (exact) mass is 418 g/mol. The third kappa shape index (κ3) is 5.51. The van der Waals surface area contributed by atoms with Gasteiger partial charge in [-0.05, 0) is 61.9 Å². The van der Waals surface area contributed by atoms with Crippen molar-refractivity contribution >= 4 is 21.6 Å². The topological polar surface area (TPSA) is 110 Å². The molecule has 1 amide bonds. The minimum Gasteiger partial charge on any atom is -0.326 e. The van der Waals surface area contributed by atoms with E-state index in [4.69, 9.17) is 0 Å². The number of nitrogens with one attached hydrogen (secondary N) is 2. The van der Waals surface area contributed by atoms with Crippen molar-refractivity contribution in [1.29, 1.82) is 0 Å². The molecule has 0 spiro atoms. The number of fused-ring (bicyclic) bond motifs is 1. The van der Waals surface area contributed by atoms with Crippen LogP contribution in [0.5, 0.6) is 0 Å². The fourth-order valence-electron chi connectivity index (χ4n) is 3.30. The summed E-state index contributed by atoms with van der Waals surface area (Å²) < 4.78 is 28.8. The summed E-state index contributed by atoms with van der Waals surface area (Å²) in [6.45, 7) is 2.13. The molecule has 0 aliphatic heterocycles. The molecule has 0 unspecified atom stereocenters. The van der Waals surface area contributed by atoms with Gasteiger partial charge in [0.2, 0.25) is 15.9 Å². The molecule has 0 saturated heterocycles. The standard InChI is InChI=1S/C20H26N4O4S/c1-2-5-19(25)22-16-8-10-17(11-9-16)29(27,28)21-12-13-24-20(26)14-15-6-3-4-7-18(15)23-24/h8-11,14,21H,2-7,12-13H2,1H3,(H,22,25). The van der Waals surface area contributed by atoms with Gasteiger partial charge in [0.1, 0.15) is 0 Å². The molecule has 0 fully saturated rings. The normalized spacial score (nSPS) is 13.7. The Morgan fingerprint density at radius 2 is 1.90 bits per heavy atom. The average molecular weight is 419 g/mol. The van der Waals surface area contributed by atoms with Gasteiger partial charge in [0, 0.05) is 24.7 Å². The second-order valence-electron chi connectivity index (χ2n) is 7.11. The molecule has 1 aliphatic carbocycles. The molecule has 3 rings (SSSR count). The third-order valence-corrected chi connectivity index (χ3v) is 6.29. The van der Waals surface area contributed by atoms with Crippen molar-refractivity contribution < 1.29 is 13.2 Å². The Balaban J connectivity index is 1.60. The van der Waals surface area contributed by atoms with Crippen LogP contribution < -0.4 is 15.6 Å². The van der Waals surface area contributed by atoms with Gasteiger partial charge in [-0.15, -0.1) is 0 Å². The van der Waals surface area contributed by atoms with Crippen molar-refractivity contribution in [3.05, 3.63) is 51.9 Å². The number of hydrogen-bond acceptors (Lipinski definition) is 5. The number of hydrogen-bond donors (Lipinski definition) is 2. The Labute approximate surface area is 170 Å². The minimum atomic E-state index is -3.72. The molecule has 0 radical (unpaired) electrons. The molecule has 0 saturated carbocycles. The van der Waals surface area contributed by atoms with Gasteiger partial charge < -0.3 is 5.32 Å². The molecule has 1 heterocycles. The van der Waals surface area contributed by atoms with Crippen LogP contribution in [0, 0.1) is 0 Å². The molecule has 156 valence electrons. The molecular formula is C20H26N4O4S. The van der Waals surface area contributed by atoms with Crippen molar-refractivity contribution in [1.82, 2.24) is 14.5 Å². The first-order valence-electron chi connectivity index (χ1n) is 9.88. The molecule has 0 atom stereocenters. The molecule has 29 heavy (non-hydrogen) atoms. The lowest BCUT2D eigenvalue weighted by molar-refractivity contribution is -0.116. The smallest absolute Gasteiger partial charge is 0.267 e. The van der Waals surface area contributed by atoms with Gasteiger partial charge >= 0.3 is 0 Å². The van der Waals surface area contributed by atoms with Crippen molar-refractivity contribution in [2.75, 3.05) is 11.9 Å². The molecule has 9 heteroatoms. The second-order valence-corrected chi connectivity index (χ2v) is 8.87. The zero-order chi connectivity index (χ0) is 20.9. The Bertz CT molecular complexity index is 1030. The maximum Gasteiger partial charge on any atom is 0.267 e. The zero-order valence-electron chi connectivity index (χ0n) is 16.5. The fourth-order valence-corrected chi connectivity index (χ4v) is 4.32. The highest BCUT2D eigenvalue weighted by Crippen LogP contribution is 2.17. The van der Waals surface area contributed by atoms with E-state index in [1.54, 1.807) is 18.2 Å². The molecule has 1 aromatic carbocycles. The number of aryl methyl sites for hydroxylation is 2. The van der Waals surface area contributed by atoms with E-state index in [1.807, 2.05) is 6.92 Å². The summed E-state index contributed by atoms with van der Waals surface area (Å²) in [5.74, 6) is -0.107. The van der Waals surface area contributed by atoms with Gasteiger partial charge in [-0.25, -0.2) is 17.8 Å². The van der Waals surface area contributed by atoms with Crippen molar-refractivity contribution in [3.63, 3.8) is 0 Å². The van der Waals surface area contributed by atoms with Crippen molar-refractivity contribution in [3.8, 4) is 0 Å². The van der Waals surface area contributed by atoms with Crippen molar-refractivity contribution in [2.24, 2.45) is 0 Å². The number of aromatic nitrogens is 2. The average Bonchev–Trinajstić information content (AvgIpc) is 2.69. The van der Waals surface area contributed by atoms with E-state index in [0.29, 0.717) is 12.1 Å². The van der Waals surface area contributed by atoms with E-state index in [-0.39, 0.29) is 29.5 Å². The van der Waals surface area contributed by atoms with Gasteiger partial charge in [-0.1, -0.05) is 6.92 Å². The van der Waals surface area contributed by atoms with Crippen LogP contribution in [-0.4, -0.2) is 30.7 Å². The van der Waals surface area contributed by atoms with Gasteiger partial charge in [-0.3, -0.25) is 9.59 Å². The van der Waals surface area contributed by atoms with E-state index < -0.39 is 10.0 Å². The number of amides is 1. The van der Waals surface area contributed by atoms with Crippen molar-refractivity contribution in [2.45, 2.75) is 56.9 Å². The Morgan fingerprint density at radius 3 is 2.62 bits per heavy atom. The number of carbonyl (C=O) groups is 1. The summed E-state index contributed by atoms with van der Waals surface area (Å²) in [7, 11) is -3.72. The number of carbonyl (C=O) groups excluding carboxylic acids is 1. The van der Waals surface area contributed by atoms with Crippen LogP contribution in [0.2, 0.25) is 0 Å². The van der Waals surface area contributed by atoms with E-state index in [1.165, 1.54) is 16.8 Å². The summed E-state index contributed by atoms with van der Waals surface area (Å²) in [5, 5.41) is 7.11. The Kier molecular flexibility index (Phi) is 6.81. The number of anilines is 1. The largest absolute Gasteiger partial charge is 0.326 e. The number of sulfonamides is 1. The van der Waals surface area contributed by atoms with E-state index in [9.17, 15) is 18.0 Å². The van der Waals surface area contributed by atoms with Crippen LogP contribution in [-0.2, 0) is 34.2 Å². The second kappa shape index (κ2) is 9.32. The molecule has 2 aromatic rings. The first-order valence-corrected chi connectivity index (χ1v) is 11.4. The Hall–Kier alpha value is -2.52. The molecule has 0 bridgehead atoms. The van der Waals surface area contributed by atoms with E-state index in [2.05, 4.69) is 15.1 Å². The summed E-state index contributed by atoms with van der Waals surface area (Å²) in [6.07, 6.45) is 5.00. The fraction of sp³-hybridized carbons (Fsp3) is 0.450. The lowest BCUT2D eigenvalue weighted by Gasteiger charge is -2.16. The highest BCUT2D eigenvalue weighted by Gasteiger charge is 2.16. The first-order chi connectivity index (χ1) is 13.9. The third-order valence-electron chi connectivity index (χ3n) is 4.82. The summed E-state index contributed by atoms with van der Waals surface area (Å²) >= 11 is 0. The molecular weight excluding hydrogens is 392 g/mol. The molecule has 2 N–H and O–H groups in total. The summed E-state index contributed by atoms with van der Waals surface area (Å²) in [4.78, 5) is 23.9. The number of benzene rings is 1. The summed E-state index contributed by atoms with van der Waals surface area (Å²) in [5.41, 5.74) is 2.27. The maximum atomic E-state index is 12.5. The predicted molar refractivity (Wildman–Crippen MR) is 110 cm³/mol. The highest BCUT2D eigenvalue weighted by atomic mass is 32.2.